The maximum atomic E-state index is 10.7. The number of hydrogen-bond donors (Lipinski definition) is 1. The molecule has 20 heavy (non-hydrogen) atoms. The molecule has 0 aliphatic carbocycles. The zero-order chi connectivity index (χ0) is 14.9. The van der Waals surface area contributed by atoms with Gasteiger partial charge in [-0.05, 0) is 83.3 Å². The number of aliphatic hydroxyl groups excluding tert-OH is 1. The van der Waals surface area contributed by atoms with Crippen molar-refractivity contribution in [2.75, 3.05) is 7.11 Å². The van der Waals surface area contributed by atoms with Crippen LogP contribution in [-0.4, -0.2) is 12.2 Å². The van der Waals surface area contributed by atoms with Gasteiger partial charge >= 0.3 is 0 Å². The number of benzene rings is 2. The molecule has 0 bridgehead atoms. The number of methoxy groups -OCH3 is 1. The van der Waals surface area contributed by atoms with Crippen LogP contribution in [0.2, 0.25) is 0 Å². The lowest BCUT2D eigenvalue weighted by Crippen LogP contribution is -2.06. The number of aryl methyl sites for hydroxylation is 3. The van der Waals surface area contributed by atoms with E-state index in [1.807, 2.05) is 38.1 Å². The Morgan fingerprint density at radius 3 is 2.35 bits per heavy atom. The summed E-state index contributed by atoms with van der Waals surface area (Å²) >= 11 is 2.30. The van der Waals surface area contributed by atoms with E-state index in [0.29, 0.717) is 0 Å². The topological polar surface area (TPSA) is 29.5 Å². The van der Waals surface area contributed by atoms with E-state index in [2.05, 4.69) is 35.6 Å². The summed E-state index contributed by atoms with van der Waals surface area (Å²) in [6.07, 6.45) is -0.605. The molecule has 1 unspecified atom stereocenters. The third-order valence-electron chi connectivity index (χ3n) is 3.59. The summed E-state index contributed by atoms with van der Waals surface area (Å²) in [5.74, 6) is 0.859. The third-order valence-corrected chi connectivity index (χ3v) is 5.07. The number of rotatable bonds is 3. The van der Waals surface area contributed by atoms with Crippen molar-refractivity contribution in [1.82, 2.24) is 0 Å². The van der Waals surface area contributed by atoms with Crippen LogP contribution in [0.25, 0.3) is 0 Å². The van der Waals surface area contributed by atoms with Gasteiger partial charge in [0.2, 0.25) is 0 Å². The zero-order valence-corrected chi connectivity index (χ0v) is 14.4. The minimum absolute atomic E-state index is 0.605. The molecule has 2 rings (SSSR count). The molecule has 0 radical (unpaired) electrons. The Hall–Kier alpha value is -1.07. The minimum atomic E-state index is -0.605. The van der Waals surface area contributed by atoms with Crippen molar-refractivity contribution in [2.45, 2.75) is 26.9 Å². The smallest absolute Gasteiger partial charge is 0.122 e. The maximum absolute atomic E-state index is 10.7. The second-order valence-corrected chi connectivity index (χ2v) is 6.14. The fourth-order valence-corrected chi connectivity index (χ4v) is 3.03. The fourth-order valence-electron chi connectivity index (χ4n) is 2.38. The molecule has 0 amide bonds. The molecule has 2 aromatic carbocycles. The van der Waals surface area contributed by atoms with Crippen molar-refractivity contribution < 1.29 is 9.84 Å². The van der Waals surface area contributed by atoms with Crippen LogP contribution in [0.3, 0.4) is 0 Å². The lowest BCUT2D eigenvalue weighted by atomic mass is 9.94. The summed E-state index contributed by atoms with van der Waals surface area (Å²) in [5, 5.41) is 10.7. The first-order valence-electron chi connectivity index (χ1n) is 6.54. The summed E-state index contributed by atoms with van der Waals surface area (Å²) in [6.45, 7) is 6.06. The number of aliphatic hydroxyl groups is 1. The number of hydrogen-bond acceptors (Lipinski definition) is 2. The molecule has 0 aliphatic heterocycles. The van der Waals surface area contributed by atoms with Gasteiger partial charge < -0.3 is 9.84 Å². The Morgan fingerprint density at radius 2 is 1.70 bits per heavy atom. The van der Waals surface area contributed by atoms with Crippen LogP contribution in [0, 0.1) is 24.3 Å². The van der Waals surface area contributed by atoms with Crippen LogP contribution in [0.1, 0.15) is 33.9 Å². The monoisotopic (exact) mass is 382 g/mol. The van der Waals surface area contributed by atoms with Crippen molar-refractivity contribution in [1.29, 1.82) is 0 Å². The number of halogens is 1. The van der Waals surface area contributed by atoms with E-state index >= 15 is 0 Å². The Morgan fingerprint density at radius 1 is 1.00 bits per heavy atom. The van der Waals surface area contributed by atoms with Crippen LogP contribution in [-0.2, 0) is 0 Å². The predicted octanol–water partition coefficient (Wildman–Crippen LogP) is 4.31. The van der Waals surface area contributed by atoms with E-state index < -0.39 is 6.10 Å². The van der Waals surface area contributed by atoms with Gasteiger partial charge in [0.05, 0.1) is 7.11 Å². The highest BCUT2D eigenvalue weighted by Gasteiger charge is 2.18. The van der Waals surface area contributed by atoms with Crippen LogP contribution in [0.5, 0.6) is 5.75 Å². The van der Waals surface area contributed by atoms with Crippen LogP contribution >= 0.6 is 22.6 Å². The summed E-state index contributed by atoms with van der Waals surface area (Å²) in [6, 6.07) is 10.0. The van der Waals surface area contributed by atoms with Gasteiger partial charge in [-0.3, -0.25) is 0 Å². The highest BCUT2D eigenvalue weighted by molar-refractivity contribution is 14.1. The first-order valence-corrected chi connectivity index (χ1v) is 7.61. The summed E-state index contributed by atoms with van der Waals surface area (Å²) in [7, 11) is 1.67. The molecule has 0 fully saturated rings. The minimum Gasteiger partial charge on any atom is -0.496 e. The molecule has 1 atom stereocenters. The Kier molecular flexibility index (Phi) is 4.70. The molecule has 1 N–H and O–H groups in total. The second-order valence-electron chi connectivity index (χ2n) is 5.06. The predicted molar refractivity (Wildman–Crippen MR) is 90.4 cm³/mol. The molecule has 0 spiro atoms. The normalized spacial score (nSPS) is 12.3. The van der Waals surface area contributed by atoms with E-state index in [-0.39, 0.29) is 0 Å². The fraction of sp³-hybridized carbons (Fsp3) is 0.294. The van der Waals surface area contributed by atoms with Gasteiger partial charge in [0, 0.05) is 3.57 Å². The highest BCUT2D eigenvalue weighted by Crippen LogP contribution is 2.32. The van der Waals surface area contributed by atoms with E-state index in [4.69, 9.17) is 4.74 Å². The Bertz CT molecular complexity index is 635. The van der Waals surface area contributed by atoms with Gasteiger partial charge in [-0.15, -0.1) is 0 Å². The molecule has 0 aromatic heterocycles. The Balaban J connectivity index is 2.51. The molecule has 3 heteroatoms. The Labute approximate surface area is 133 Å². The van der Waals surface area contributed by atoms with E-state index in [0.717, 1.165) is 31.6 Å². The molecular formula is C17H19IO2. The van der Waals surface area contributed by atoms with Gasteiger partial charge in [0.25, 0.3) is 0 Å². The van der Waals surface area contributed by atoms with Gasteiger partial charge in [-0.1, -0.05) is 18.2 Å². The van der Waals surface area contributed by atoms with Crippen LogP contribution in [0.15, 0.2) is 30.3 Å². The van der Waals surface area contributed by atoms with Crippen molar-refractivity contribution in [3.63, 3.8) is 0 Å². The lowest BCUT2D eigenvalue weighted by Gasteiger charge is -2.18. The van der Waals surface area contributed by atoms with E-state index in [9.17, 15) is 5.11 Å². The molecule has 0 saturated carbocycles. The van der Waals surface area contributed by atoms with E-state index in [1.54, 1.807) is 7.11 Å². The van der Waals surface area contributed by atoms with Gasteiger partial charge in [-0.2, -0.15) is 0 Å². The molecule has 0 aliphatic rings. The quantitative estimate of drug-likeness (QED) is 0.802. The summed E-state index contributed by atoms with van der Waals surface area (Å²) in [5.41, 5.74) is 5.15. The standard InChI is InChI=1S/C17H19IO2/c1-10-6-5-7-13(16(10)18)17(19)14-8-12(3)15(20-4)9-11(14)2/h5-9,17,19H,1-4H3. The average Bonchev–Trinajstić information content (AvgIpc) is 2.43. The lowest BCUT2D eigenvalue weighted by molar-refractivity contribution is 0.218. The van der Waals surface area contributed by atoms with Gasteiger partial charge in [-0.25, -0.2) is 0 Å². The van der Waals surface area contributed by atoms with Crippen molar-refractivity contribution in [2.24, 2.45) is 0 Å². The van der Waals surface area contributed by atoms with Gasteiger partial charge in [0.15, 0.2) is 0 Å². The largest absolute Gasteiger partial charge is 0.496 e. The van der Waals surface area contributed by atoms with Crippen molar-refractivity contribution in [3.8, 4) is 5.75 Å². The molecule has 0 saturated heterocycles. The van der Waals surface area contributed by atoms with Gasteiger partial charge in [0.1, 0.15) is 11.9 Å². The summed E-state index contributed by atoms with van der Waals surface area (Å²) < 4.78 is 6.44. The molecule has 106 valence electrons. The number of ether oxygens (including phenoxy) is 1. The van der Waals surface area contributed by atoms with E-state index in [1.165, 1.54) is 5.56 Å². The first-order chi connectivity index (χ1) is 9.45. The van der Waals surface area contributed by atoms with Crippen LogP contribution in [0.4, 0.5) is 0 Å². The molecule has 2 nitrogen and oxygen atoms in total. The molecule has 2 aromatic rings. The SMILES string of the molecule is COc1cc(C)c(C(O)c2cccc(C)c2I)cc1C. The molecule has 0 heterocycles. The summed E-state index contributed by atoms with van der Waals surface area (Å²) in [4.78, 5) is 0. The highest BCUT2D eigenvalue weighted by atomic mass is 127. The second kappa shape index (κ2) is 6.14. The third kappa shape index (κ3) is 2.83. The van der Waals surface area contributed by atoms with Crippen molar-refractivity contribution in [3.05, 3.63) is 61.7 Å². The van der Waals surface area contributed by atoms with Crippen LogP contribution < -0.4 is 4.74 Å². The average molecular weight is 382 g/mol. The first kappa shape index (κ1) is 15.3. The van der Waals surface area contributed by atoms with Crippen molar-refractivity contribution >= 4 is 22.6 Å². The maximum Gasteiger partial charge on any atom is 0.122 e. The zero-order valence-electron chi connectivity index (χ0n) is 12.2. The molecular weight excluding hydrogens is 363 g/mol.